The van der Waals surface area contributed by atoms with Crippen molar-refractivity contribution in [2.45, 2.75) is 69.4 Å². The van der Waals surface area contributed by atoms with E-state index in [1.165, 1.54) is 7.11 Å². The molecule has 1 aliphatic carbocycles. The van der Waals surface area contributed by atoms with Crippen molar-refractivity contribution in [1.82, 2.24) is 35.2 Å². The fourth-order valence-corrected chi connectivity index (χ4v) is 6.09. The van der Waals surface area contributed by atoms with Gasteiger partial charge in [0.15, 0.2) is 5.82 Å². The third-order valence-corrected chi connectivity index (χ3v) is 8.73. The molecule has 1 saturated heterocycles. The van der Waals surface area contributed by atoms with Gasteiger partial charge >= 0.3 is 18.2 Å². The van der Waals surface area contributed by atoms with Gasteiger partial charge in [-0.05, 0) is 44.1 Å². The van der Waals surface area contributed by atoms with Crippen molar-refractivity contribution in [3.8, 4) is 17.3 Å². The first-order chi connectivity index (χ1) is 23.7. The van der Waals surface area contributed by atoms with E-state index < -0.39 is 17.8 Å². The molecule has 0 unspecified atom stereocenters. The number of carbonyl (C=O) groups is 1. The highest BCUT2D eigenvalue weighted by Gasteiger charge is 2.38. The van der Waals surface area contributed by atoms with Crippen LogP contribution in [0.5, 0.6) is 6.01 Å². The molecular formula is C33H37F3N10O3. The molecule has 1 saturated carbocycles. The number of aliphatic hydroxyl groups is 1. The molecule has 3 aromatic heterocycles. The largest absolute Gasteiger partial charge is 0.467 e. The quantitative estimate of drug-likeness (QED) is 0.223. The zero-order valence-corrected chi connectivity index (χ0v) is 26.8. The van der Waals surface area contributed by atoms with Crippen LogP contribution in [-0.4, -0.2) is 79.4 Å². The van der Waals surface area contributed by atoms with E-state index in [0.29, 0.717) is 62.1 Å². The normalized spacial score (nSPS) is 18.5. The van der Waals surface area contributed by atoms with Gasteiger partial charge in [-0.1, -0.05) is 30.3 Å². The Morgan fingerprint density at radius 1 is 0.939 bits per heavy atom. The number of benzene rings is 1. The van der Waals surface area contributed by atoms with E-state index >= 15 is 0 Å². The lowest BCUT2D eigenvalue weighted by Gasteiger charge is -2.36. The zero-order chi connectivity index (χ0) is 34.4. The third-order valence-electron chi connectivity index (χ3n) is 8.73. The number of piperidine rings is 1. The summed E-state index contributed by atoms with van der Waals surface area (Å²) in [6.45, 7) is 0.864. The Labute approximate surface area is 281 Å². The van der Waals surface area contributed by atoms with Gasteiger partial charge in [0.05, 0.1) is 31.3 Å². The van der Waals surface area contributed by atoms with Crippen molar-refractivity contribution >= 4 is 23.6 Å². The zero-order valence-electron chi connectivity index (χ0n) is 26.8. The number of hydrogen-bond acceptors (Lipinski definition) is 11. The summed E-state index contributed by atoms with van der Waals surface area (Å²) in [6.07, 6.45) is 5.06. The smallest absolute Gasteiger partial charge is 0.421 e. The Morgan fingerprint density at radius 2 is 1.65 bits per heavy atom. The predicted octanol–water partition coefficient (Wildman–Crippen LogP) is 4.85. The number of amides is 2. The maximum Gasteiger partial charge on any atom is 0.421 e. The van der Waals surface area contributed by atoms with Crippen molar-refractivity contribution in [1.29, 1.82) is 0 Å². The van der Waals surface area contributed by atoms with Crippen molar-refractivity contribution < 1.29 is 27.8 Å². The highest BCUT2D eigenvalue weighted by molar-refractivity contribution is 5.91. The first-order valence-electron chi connectivity index (χ1n) is 16.1. The lowest BCUT2D eigenvalue weighted by molar-refractivity contribution is -0.137. The lowest BCUT2D eigenvalue weighted by atomic mass is 9.90. The van der Waals surface area contributed by atoms with Crippen LogP contribution >= 0.6 is 0 Å². The van der Waals surface area contributed by atoms with Gasteiger partial charge in [-0.25, -0.2) is 24.7 Å². The minimum atomic E-state index is -4.62. The van der Waals surface area contributed by atoms with E-state index in [9.17, 15) is 23.1 Å². The van der Waals surface area contributed by atoms with Crippen LogP contribution in [0, 0.1) is 0 Å². The van der Waals surface area contributed by atoms with Crippen LogP contribution in [0.25, 0.3) is 11.3 Å². The van der Waals surface area contributed by atoms with Crippen molar-refractivity contribution in [3.05, 3.63) is 72.4 Å². The van der Waals surface area contributed by atoms with Gasteiger partial charge in [-0.3, -0.25) is 9.88 Å². The average Bonchev–Trinajstić information content (AvgIpc) is 3.12. The van der Waals surface area contributed by atoms with Gasteiger partial charge < -0.3 is 25.4 Å². The number of aromatic nitrogens is 6. The van der Waals surface area contributed by atoms with Gasteiger partial charge in [-0.2, -0.15) is 18.2 Å². The second-order valence-corrected chi connectivity index (χ2v) is 12.0. The second-order valence-electron chi connectivity index (χ2n) is 12.0. The fraction of sp³-hybridized carbons (Fsp3) is 0.424. The Morgan fingerprint density at radius 3 is 2.29 bits per heavy atom. The summed E-state index contributed by atoms with van der Waals surface area (Å²) in [5, 5.41) is 16.1. The molecule has 0 spiro atoms. The molecular weight excluding hydrogens is 641 g/mol. The molecule has 1 aromatic carbocycles. The SMILES string of the molecule is COc1ncc(-c2cnc(N(C(=O)NCc3ccccc3)C3CCC(Nc4ncc(C(F)(F)F)c(N5CCC(O)CC5)n4)CC3)cn2)cn1. The molecule has 13 nitrogen and oxygen atoms in total. The second kappa shape index (κ2) is 15.0. The molecule has 2 amide bonds. The van der Waals surface area contributed by atoms with E-state index in [0.717, 1.165) is 11.8 Å². The third kappa shape index (κ3) is 8.31. The lowest BCUT2D eigenvalue weighted by Crippen LogP contribution is -2.49. The number of halogens is 3. The monoisotopic (exact) mass is 678 g/mol. The van der Waals surface area contributed by atoms with Crippen molar-refractivity contribution in [3.63, 3.8) is 0 Å². The number of aliphatic hydroxyl groups excluding tert-OH is 1. The van der Waals surface area contributed by atoms with Crippen molar-refractivity contribution in [2.75, 3.05) is 35.3 Å². The molecule has 3 N–H and O–H groups in total. The van der Waals surface area contributed by atoms with E-state index in [1.54, 1.807) is 34.6 Å². The van der Waals surface area contributed by atoms with Crippen LogP contribution in [0.15, 0.2) is 61.3 Å². The number of ether oxygens (including phenoxy) is 1. The van der Waals surface area contributed by atoms with E-state index in [1.807, 2.05) is 30.3 Å². The standard InChI is InChI=1S/C33H37F3N10O3/c1-49-31-40-16-22(17-41-31)27-19-38-28(20-37-27)46(32(48)42-15-21-5-3-2-4-6-21)24-9-7-23(8-10-24)43-30-39-18-26(33(34,35)36)29(44-30)45-13-11-25(47)12-14-45/h2-6,16-20,23-25,47H,7-15H2,1H3,(H,42,48)(H,39,43,44). The number of anilines is 3. The van der Waals surface area contributed by atoms with Crippen LogP contribution < -0.4 is 25.2 Å². The Balaban J connectivity index is 1.16. The molecule has 4 heterocycles. The molecule has 1 aliphatic heterocycles. The minimum absolute atomic E-state index is 0.110. The topological polar surface area (TPSA) is 154 Å². The Kier molecular flexibility index (Phi) is 10.3. The Hall–Kier alpha value is -5.12. The highest BCUT2D eigenvalue weighted by Crippen LogP contribution is 2.37. The highest BCUT2D eigenvalue weighted by atomic mass is 19.4. The molecule has 0 bridgehead atoms. The van der Waals surface area contributed by atoms with Gasteiger partial charge in [0.1, 0.15) is 11.4 Å². The molecule has 2 fully saturated rings. The molecule has 49 heavy (non-hydrogen) atoms. The summed E-state index contributed by atoms with van der Waals surface area (Å²) in [7, 11) is 1.48. The summed E-state index contributed by atoms with van der Waals surface area (Å²) in [6, 6.07) is 9.13. The summed E-state index contributed by atoms with van der Waals surface area (Å²) in [4.78, 5) is 42.5. The first-order valence-corrected chi connectivity index (χ1v) is 16.1. The van der Waals surface area contributed by atoms with Gasteiger partial charge in [0.25, 0.3) is 0 Å². The Bertz CT molecular complexity index is 1680. The van der Waals surface area contributed by atoms with E-state index in [-0.39, 0.29) is 49.0 Å². The molecule has 6 rings (SSSR count). The molecule has 0 radical (unpaired) electrons. The molecule has 258 valence electrons. The predicted molar refractivity (Wildman–Crippen MR) is 175 cm³/mol. The van der Waals surface area contributed by atoms with Crippen LogP contribution in [0.3, 0.4) is 0 Å². The van der Waals surface area contributed by atoms with E-state index in [2.05, 4.69) is 40.5 Å². The average molecular weight is 679 g/mol. The number of carbonyl (C=O) groups excluding carboxylic acids is 1. The van der Waals surface area contributed by atoms with Gasteiger partial charge in [0, 0.05) is 55.9 Å². The summed E-state index contributed by atoms with van der Waals surface area (Å²) < 4.78 is 46.6. The van der Waals surface area contributed by atoms with Crippen LogP contribution in [-0.2, 0) is 12.7 Å². The number of urea groups is 1. The van der Waals surface area contributed by atoms with Crippen LogP contribution in [0.4, 0.5) is 35.5 Å². The number of alkyl halides is 3. The van der Waals surface area contributed by atoms with Gasteiger partial charge in [0.2, 0.25) is 5.95 Å². The molecule has 16 heteroatoms. The fourth-order valence-electron chi connectivity index (χ4n) is 6.09. The van der Waals surface area contributed by atoms with Crippen LogP contribution in [0.1, 0.15) is 49.7 Å². The van der Waals surface area contributed by atoms with E-state index in [4.69, 9.17) is 4.74 Å². The number of nitrogens with one attached hydrogen (secondary N) is 2. The minimum Gasteiger partial charge on any atom is -0.467 e. The number of hydrogen-bond donors (Lipinski definition) is 3. The number of methoxy groups -OCH3 is 1. The maximum atomic E-state index is 13.8. The number of nitrogens with zero attached hydrogens (tertiary/aromatic N) is 8. The summed E-state index contributed by atoms with van der Waals surface area (Å²) in [5.41, 5.74) is 1.21. The summed E-state index contributed by atoms with van der Waals surface area (Å²) >= 11 is 0. The van der Waals surface area contributed by atoms with Gasteiger partial charge in [-0.15, -0.1) is 0 Å². The number of rotatable bonds is 9. The first kappa shape index (κ1) is 33.8. The molecule has 4 aromatic rings. The molecule has 0 atom stereocenters. The van der Waals surface area contributed by atoms with Crippen LogP contribution in [0.2, 0.25) is 0 Å². The molecule has 2 aliphatic rings. The summed E-state index contributed by atoms with van der Waals surface area (Å²) in [5.74, 6) is 0.302. The maximum absolute atomic E-state index is 13.8. The van der Waals surface area contributed by atoms with Crippen molar-refractivity contribution in [2.24, 2.45) is 0 Å².